The highest BCUT2D eigenvalue weighted by molar-refractivity contribution is 7.80. The fraction of sp³-hybridized carbons (Fsp3) is 0.562. The van der Waals surface area contributed by atoms with Crippen LogP contribution in [0.15, 0.2) is 24.3 Å². The van der Waals surface area contributed by atoms with Gasteiger partial charge in [0.2, 0.25) is 5.91 Å². The molecule has 0 aliphatic rings. The largest absolute Gasteiger partial charge is 0.326 e. The summed E-state index contributed by atoms with van der Waals surface area (Å²) in [7, 11) is 0. The third-order valence-corrected chi connectivity index (χ3v) is 4.08. The molecule has 21 heavy (non-hydrogen) atoms. The summed E-state index contributed by atoms with van der Waals surface area (Å²) in [6.45, 7) is 6.74. The monoisotopic (exact) mass is 309 g/mol. The third kappa shape index (κ3) is 6.08. The van der Waals surface area contributed by atoms with Crippen LogP contribution in [0.1, 0.15) is 25.8 Å². The lowest BCUT2D eigenvalue weighted by Crippen LogP contribution is -2.49. The van der Waals surface area contributed by atoms with E-state index in [1.54, 1.807) is 0 Å². The highest BCUT2D eigenvalue weighted by Gasteiger charge is 2.24. The van der Waals surface area contributed by atoms with Gasteiger partial charge >= 0.3 is 0 Å². The second-order valence-electron chi connectivity index (χ2n) is 5.57. The molecule has 0 aromatic heterocycles. The molecular weight excluding hydrogens is 282 g/mol. The van der Waals surface area contributed by atoms with Gasteiger partial charge in [0.05, 0.1) is 6.04 Å². The van der Waals surface area contributed by atoms with Gasteiger partial charge in [-0.2, -0.15) is 12.6 Å². The number of amides is 1. The van der Waals surface area contributed by atoms with E-state index in [2.05, 4.69) is 37.1 Å². The number of thiol groups is 1. The Kier molecular flexibility index (Phi) is 7.78. The van der Waals surface area contributed by atoms with Crippen molar-refractivity contribution in [1.82, 2.24) is 5.32 Å². The normalized spacial score (nSPS) is 15.3. The number of carbonyl (C=O) groups excluding carboxylic acids is 1. The molecule has 4 nitrogen and oxygen atoms in total. The molecule has 0 aliphatic heterocycles. The molecule has 0 bridgehead atoms. The average molecular weight is 309 g/mol. The number of hydrogen-bond donors (Lipinski definition) is 4. The standard InChI is InChI=1S/C16H27N3OS/c1-4-12(3)15(18-9-13(17)10-21)16(20)19-14-7-5-6-11(2)8-14/h5-8,12-13,15,18,21H,4,9-10,17H2,1-3H3,(H,19,20)/t12-,13+,15-/m0/s1. The molecule has 0 saturated carbocycles. The van der Waals surface area contributed by atoms with Gasteiger partial charge in [0.1, 0.15) is 0 Å². The van der Waals surface area contributed by atoms with E-state index in [0.717, 1.165) is 17.7 Å². The van der Waals surface area contributed by atoms with Gasteiger partial charge < -0.3 is 16.4 Å². The fourth-order valence-electron chi connectivity index (χ4n) is 2.07. The topological polar surface area (TPSA) is 67.1 Å². The van der Waals surface area contributed by atoms with Crippen LogP contribution in [0.5, 0.6) is 0 Å². The van der Waals surface area contributed by atoms with Gasteiger partial charge in [0, 0.05) is 24.0 Å². The average Bonchev–Trinajstić information content (AvgIpc) is 2.46. The Morgan fingerprint density at radius 1 is 1.43 bits per heavy atom. The van der Waals surface area contributed by atoms with Crippen molar-refractivity contribution in [3.63, 3.8) is 0 Å². The fourth-order valence-corrected chi connectivity index (χ4v) is 2.20. The van der Waals surface area contributed by atoms with E-state index >= 15 is 0 Å². The minimum atomic E-state index is -0.249. The van der Waals surface area contributed by atoms with Gasteiger partial charge in [-0.05, 0) is 30.5 Å². The zero-order valence-electron chi connectivity index (χ0n) is 13.1. The maximum absolute atomic E-state index is 12.5. The van der Waals surface area contributed by atoms with Gasteiger partial charge in [0.25, 0.3) is 0 Å². The second kappa shape index (κ2) is 9.07. The van der Waals surface area contributed by atoms with E-state index in [0.29, 0.717) is 12.3 Å². The Balaban J connectivity index is 2.70. The molecule has 0 aliphatic carbocycles. The van der Waals surface area contributed by atoms with E-state index in [-0.39, 0.29) is 23.9 Å². The first-order valence-corrected chi connectivity index (χ1v) is 8.08. The Morgan fingerprint density at radius 2 is 2.14 bits per heavy atom. The Hall–Kier alpha value is -1.04. The van der Waals surface area contributed by atoms with Crippen LogP contribution in [-0.2, 0) is 4.79 Å². The first-order valence-electron chi connectivity index (χ1n) is 7.45. The smallest absolute Gasteiger partial charge is 0.241 e. The minimum absolute atomic E-state index is 0.0127. The van der Waals surface area contributed by atoms with E-state index < -0.39 is 0 Å². The van der Waals surface area contributed by atoms with Crippen LogP contribution in [0.2, 0.25) is 0 Å². The predicted molar refractivity (Wildman–Crippen MR) is 92.9 cm³/mol. The molecule has 1 amide bonds. The maximum atomic E-state index is 12.5. The summed E-state index contributed by atoms with van der Waals surface area (Å²) in [4.78, 5) is 12.5. The van der Waals surface area contributed by atoms with Gasteiger partial charge in [0.15, 0.2) is 0 Å². The second-order valence-corrected chi connectivity index (χ2v) is 5.94. The maximum Gasteiger partial charge on any atom is 0.241 e. The van der Waals surface area contributed by atoms with E-state index in [1.165, 1.54) is 0 Å². The first-order chi connectivity index (χ1) is 9.97. The van der Waals surface area contributed by atoms with Crippen LogP contribution in [-0.4, -0.2) is 30.3 Å². The molecule has 3 atom stereocenters. The zero-order valence-corrected chi connectivity index (χ0v) is 14.0. The van der Waals surface area contributed by atoms with Crippen LogP contribution in [0.25, 0.3) is 0 Å². The van der Waals surface area contributed by atoms with Crippen LogP contribution in [0, 0.1) is 12.8 Å². The molecule has 0 saturated heterocycles. The summed E-state index contributed by atoms with van der Waals surface area (Å²) in [5, 5.41) is 6.25. The van der Waals surface area contributed by atoms with Crippen molar-refractivity contribution in [2.24, 2.45) is 11.7 Å². The summed E-state index contributed by atoms with van der Waals surface area (Å²) in [5.74, 6) is 0.822. The predicted octanol–water partition coefficient (Wildman–Crippen LogP) is 2.19. The van der Waals surface area contributed by atoms with Crippen molar-refractivity contribution in [2.45, 2.75) is 39.3 Å². The minimum Gasteiger partial charge on any atom is -0.326 e. The summed E-state index contributed by atoms with van der Waals surface area (Å²) in [6, 6.07) is 7.51. The highest BCUT2D eigenvalue weighted by Crippen LogP contribution is 2.13. The molecule has 0 heterocycles. The number of carbonyl (C=O) groups is 1. The van der Waals surface area contributed by atoms with E-state index in [1.807, 2.05) is 31.2 Å². The molecule has 4 N–H and O–H groups in total. The Morgan fingerprint density at radius 3 is 2.71 bits per heavy atom. The molecule has 0 spiro atoms. The number of benzene rings is 1. The summed E-state index contributed by atoms with van der Waals surface area (Å²) in [6.07, 6.45) is 0.926. The van der Waals surface area contributed by atoms with E-state index in [9.17, 15) is 4.79 Å². The van der Waals surface area contributed by atoms with Crippen molar-refractivity contribution in [3.8, 4) is 0 Å². The number of nitrogens with two attached hydrogens (primary N) is 1. The molecule has 5 heteroatoms. The number of rotatable bonds is 8. The number of anilines is 1. The molecule has 0 radical (unpaired) electrons. The van der Waals surface area contributed by atoms with Crippen molar-refractivity contribution in [1.29, 1.82) is 0 Å². The lowest BCUT2D eigenvalue weighted by Gasteiger charge is -2.25. The lowest BCUT2D eigenvalue weighted by atomic mass is 9.98. The zero-order chi connectivity index (χ0) is 15.8. The van der Waals surface area contributed by atoms with Gasteiger partial charge in [-0.1, -0.05) is 32.4 Å². The summed E-state index contributed by atoms with van der Waals surface area (Å²) < 4.78 is 0. The lowest BCUT2D eigenvalue weighted by molar-refractivity contribution is -0.119. The molecule has 1 aromatic rings. The SMILES string of the molecule is CC[C@H](C)[C@H](NC[C@@H](N)CS)C(=O)Nc1cccc(C)c1. The molecular formula is C16H27N3OS. The molecule has 118 valence electrons. The molecule has 0 unspecified atom stereocenters. The van der Waals surface area contributed by atoms with Gasteiger partial charge in [-0.25, -0.2) is 0 Å². The number of nitrogens with one attached hydrogen (secondary N) is 2. The Labute approximate surface area is 133 Å². The molecule has 1 rings (SSSR count). The third-order valence-electron chi connectivity index (χ3n) is 3.62. The van der Waals surface area contributed by atoms with Crippen LogP contribution < -0.4 is 16.4 Å². The van der Waals surface area contributed by atoms with Gasteiger partial charge in [-0.15, -0.1) is 0 Å². The number of hydrogen-bond acceptors (Lipinski definition) is 4. The number of aryl methyl sites for hydroxylation is 1. The van der Waals surface area contributed by atoms with Crippen molar-refractivity contribution in [2.75, 3.05) is 17.6 Å². The van der Waals surface area contributed by atoms with Crippen molar-refractivity contribution >= 4 is 24.2 Å². The quantitative estimate of drug-likeness (QED) is 0.557. The molecule has 1 aromatic carbocycles. The van der Waals surface area contributed by atoms with Gasteiger partial charge in [-0.3, -0.25) is 4.79 Å². The summed E-state index contributed by atoms with van der Waals surface area (Å²) in [5.41, 5.74) is 7.82. The molecule has 0 fully saturated rings. The summed E-state index contributed by atoms with van der Waals surface area (Å²) >= 11 is 4.17. The van der Waals surface area contributed by atoms with Crippen molar-refractivity contribution < 1.29 is 4.79 Å². The van der Waals surface area contributed by atoms with E-state index in [4.69, 9.17) is 5.73 Å². The van der Waals surface area contributed by atoms with Crippen molar-refractivity contribution in [3.05, 3.63) is 29.8 Å². The highest BCUT2D eigenvalue weighted by atomic mass is 32.1. The van der Waals surface area contributed by atoms with Crippen LogP contribution >= 0.6 is 12.6 Å². The first kappa shape index (κ1) is 18.0. The Bertz CT molecular complexity index is 453. The van der Waals surface area contributed by atoms with Crippen LogP contribution in [0.3, 0.4) is 0 Å². The van der Waals surface area contributed by atoms with Crippen LogP contribution in [0.4, 0.5) is 5.69 Å².